The topological polar surface area (TPSA) is 96.2 Å². The number of carboxylic acids is 1. The average molecular weight is 450 g/mol. The maximum absolute atomic E-state index is 12.3. The smallest absolute Gasteiger partial charge is 0.325 e. The van der Waals surface area contributed by atoms with Crippen LogP contribution in [0.3, 0.4) is 0 Å². The number of aromatic nitrogens is 2. The van der Waals surface area contributed by atoms with Gasteiger partial charge in [-0.05, 0) is 49.4 Å². The Morgan fingerprint density at radius 1 is 1.19 bits per heavy atom. The van der Waals surface area contributed by atoms with Crippen molar-refractivity contribution in [3.8, 4) is 6.07 Å². The number of benzene rings is 1. The Morgan fingerprint density at radius 3 is 2.72 bits per heavy atom. The third kappa shape index (κ3) is 3.70. The van der Waals surface area contributed by atoms with Gasteiger partial charge in [0.25, 0.3) is 0 Å². The molecule has 32 heavy (non-hydrogen) atoms. The van der Waals surface area contributed by atoms with Crippen molar-refractivity contribution in [2.75, 3.05) is 31.1 Å². The Bertz CT molecular complexity index is 1220. The molecule has 2 aliphatic rings. The minimum atomic E-state index is -0.876. The number of carbonyl (C=O) groups is 1. The summed E-state index contributed by atoms with van der Waals surface area (Å²) in [6, 6.07) is 9.02. The van der Waals surface area contributed by atoms with Crippen molar-refractivity contribution >= 4 is 34.3 Å². The molecule has 1 unspecified atom stereocenters. The summed E-state index contributed by atoms with van der Waals surface area (Å²) in [7, 11) is 0. The van der Waals surface area contributed by atoms with Crippen LogP contribution in [0.4, 0.5) is 5.82 Å². The molecule has 1 aliphatic heterocycles. The van der Waals surface area contributed by atoms with Crippen LogP contribution in [-0.2, 0) is 17.6 Å². The zero-order valence-corrected chi connectivity index (χ0v) is 18.4. The lowest BCUT2D eigenvalue weighted by Gasteiger charge is -2.38. The summed E-state index contributed by atoms with van der Waals surface area (Å²) >= 11 is 6.08. The fourth-order valence-electron chi connectivity index (χ4n) is 4.97. The Kier molecular flexibility index (Phi) is 5.50. The summed E-state index contributed by atoms with van der Waals surface area (Å²) in [4.78, 5) is 24.4. The number of piperazine rings is 1. The number of H-pyrrole nitrogens is 1. The number of pyridine rings is 1. The number of nitrogens with one attached hydrogen (secondary N) is 1. The van der Waals surface area contributed by atoms with E-state index < -0.39 is 12.0 Å². The molecule has 3 aromatic rings. The van der Waals surface area contributed by atoms with Crippen molar-refractivity contribution in [3.63, 3.8) is 0 Å². The quantitative estimate of drug-likeness (QED) is 0.626. The first kappa shape index (κ1) is 20.8. The Balaban J connectivity index is 1.38. The highest BCUT2D eigenvalue weighted by Crippen LogP contribution is 2.32. The Hall–Kier alpha value is -3.08. The molecule has 0 saturated carbocycles. The number of fused-ring (bicyclic) bond motifs is 2. The number of aliphatic carboxylic acids is 1. The van der Waals surface area contributed by atoms with E-state index in [1.165, 1.54) is 5.56 Å². The molecule has 0 amide bonds. The van der Waals surface area contributed by atoms with E-state index in [2.05, 4.69) is 16.0 Å². The zero-order valence-electron chi connectivity index (χ0n) is 17.6. The third-order valence-corrected chi connectivity index (χ3v) is 6.82. The molecule has 8 heteroatoms. The molecule has 2 aromatic heterocycles. The fourth-order valence-corrected chi connectivity index (χ4v) is 5.14. The molecule has 0 bridgehead atoms. The van der Waals surface area contributed by atoms with E-state index >= 15 is 0 Å². The molecule has 0 spiro atoms. The molecule has 1 aliphatic carbocycles. The summed E-state index contributed by atoms with van der Waals surface area (Å²) in [6.07, 6.45) is 6.00. The first-order chi connectivity index (χ1) is 15.5. The van der Waals surface area contributed by atoms with E-state index in [1.807, 2.05) is 23.1 Å². The maximum atomic E-state index is 12.3. The summed E-state index contributed by atoms with van der Waals surface area (Å²) < 4.78 is 0. The van der Waals surface area contributed by atoms with Crippen LogP contribution in [0.2, 0.25) is 5.02 Å². The van der Waals surface area contributed by atoms with Crippen molar-refractivity contribution in [3.05, 3.63) is 57.9 Å². The second-order valence-electron chi connectivity index (χ2n) is 8.48. The number of nitrogens with zero attached hydrogens (tertiary/aromatic N) is 4. The highest BCUT2D eigenvalue weighted by atomic mass is 35.5. The standard InChI is InChI=1S/C24H24ClN5O2/c25-17-5-6-18-19(14-27-21(18)12-17)22(24(31)32)29-7-9-30(10-8-29)23-16(13-26)11-15-3-1-2-4-20(15)28-23/h5-6,11-12,14,22,27H,1-4,7-10H2,(H,31,32). The largest absolute Gasteiger partial charge is 0.480 e. The fraction of sp³-hybridized carbons (Fsp3) is 0.375. The normalized spacial score (nSPS) is 17.7. The number of hydrogen-bond acceptors (Lipinski definition) is 5. The number of anilines is 1. The van der Waals surface area contributed by atoms with Crippen LogP contribution >= 0.6 is 11.6 Å². The van der Waals surface area contributed by atoms with Crippen molar-refractivity contribution in [2.45, 2.75) is 31.7 Å². The molecule has 1 fully saturated rings. The lowest BCUT2D eigenvalue weighted by atomic mass is 9.94. The third-order valence-electron chi connectivity index (χ3n) is 6.58. The average Bonchev–Trinajstić information content (AvgIpc) is 3.21. The summed E-state index contributed by atoms with van der Waals surface area (Å²) in [6.45, 7) is 2.39. The van der Waals surface area contributed by atoms with Gasteiger partial charge in [0, 0.05) is 59.6 Å². The molecule has 164 valence electrons. The molecule has 2 N–H and O–H groups in total. The van der Waals surface area contributed by atoms with Crippen LogP contribution < -0.4 is 4.90 Å². The van der Waals surface area contributed by atoms with Crippen LogP contribution in [-0.4, -0.2) is 52.1 Å². The van der Waals surface area contributed by atoms with Gasteiger partial charge in [-0.2, -0.15) is 5.26 Å². The minimum absolute atomic E-state index is 0.570. The number of hydrogen-bond donors (Lipinski definition) is 2. The number of carboxylic acid groups (broad SMARTS) is 1. The minimum Gasteiger partial charge on any atom is -0.480 e. The summed E-state index contributed by atoms with van der Waals surface area (Å²) in [5.41, 5.74) is 4.48. The van der Waals surface area contributed by atoms with Crippen molar-refractivity contribution in [1.29, 1.82) is 5.26 Å². The van der Waals surface area contributed by atoms with E-state index in [1.54, 1.807) is 12.3 Å². The van der Waals surface area contributed by atoms with Crippen LogP contribution in [0.15, 0.2) is 30.5 Å². The summed E-state index contributed by atoms with van der Waals surface area (Å²) in [5, 5.41) is 21.2. The van der Waals surface area contributed by atoms with Gasteiger partial charge in [-0.1, -0.05) is 17.7 Å². The number of aryl methyl sites for hydroxylation is 2. The van der Waals surface area contributed by atoms with Gasteiger partial charge in [0.1, 0.15) is 17.9 Å². The lowest BCUT2D eigenvalue weighted by Crippen LogP contribution is -2.49. The van der Waals surface area contributed by atoms with E-state index in [0.717, 1.165) is 53.7 Å². The second kappa shape index (κ2) is 8.45. The highest BCUT2D eigenvalue weighted by molar-refractivity contribution is 6.31. The molecule has 7 nitrogen and oxygen atoms in total. The van der Waals surface area contributed by atoms with Gasteiger partial charge in [-0.15, -0.1) is 0 Å². The molecule has 3 heterocycles. The van der Waals surface area contributed by atoms with Gasteiger partial charge in [-0.25, -0.2) is 4.98 Å². The molecule has 5 rings (SSSR count). The zero-order chi connectivity index (χ0) is 22.2. The Morgan fingerprint density at radius 2 is 1.97 bits per heavy atom. The maximum Gasteiger partial charge on any atom is 0.325 e. The number of halogens is 1. The van der Waals surface area contributed by atoms with Crippen LogP contribution in [0.5, 0.6) is 0 Å². The van der Waals surface area contributed by atoms with E-state index in [-0.39, 0.29) is 0 Å². The molecule has 1 saturated heterocycles. The Labute approximate surface area is 191 Å². The van der Waals surface area contributed by atoms with Gasteiger partial charge in [0.05, 0.1) is 5.56 Å². The highest BCUT2D eigenvalue weighted by Gasteiger charge is 2.33. The molecular formula is C24H24ClN5O2. The first-order valence-corrected chi connectivity index (χ1v) is 11.3. The van der Waals surface area contributed by atoms with Gasteiger partial charge >= 0.3 is 5.97 Å². The predicted molar refractivity (Wildman–Crippen MR) is 123 cm³/mol. The predicted octanol–water partition coefficient (Wildman–Crippen LogP) is 3.91. The first-order valence-electron chi connectivity index (χ1n) is 11.0. The van der Waals surface area contributed by atoms with Crippen LogP contribution in [0.1, 0.15) is 41.3 Å². The van der Waals surface area contributed by atoms with Crippen LogP contribution in [0, 0.1) is 11.3 Å². The number of rotatable bonds is 4. The van der Waals surface area contributed by atoms with Crippen molar-refractivity contribution < 1.29 is 9.90 Å². The van der Waals surface area contributed by atoms with E-state index in [0.29, 0.717) is 36.8 Å². The van der Waals surface area contributed by atoms with Gasteiger partial charge < -0.3 is 15.0 Å². The molecule has 1 atom stereocenters. The van der Waals surface area contributed by atoms with E-state index in [9.17, 15) is 15.2 Å². The molecule has 0 radical (unpaired) electrons. The molecule has 1 aromatic carbocycles. The SMILES string of the molecule is N#Cc1cc2c(nc1N1CCN(C(C(=O)O)c3c[nH]c4cc(Cl)ccc34)CC1)CCCC2. The lowest BCUT2D eigenvalue weighted by molar-refractivity contribution is -0.143. The van der Waals surface area contributed by atoms with Gasteiger partial charge in [0.15, 0.2) is 0 Å². The number of nitriles is 1. The van der Waals surface area contributed by atoms with Crippen molar-refractivity contribution in [2.24, 2.45) is 0 Å². The number of aromatic amines is 1. The summed E-state index contributed by atoms with van der Waals surface area (Å²) in [5.74, 6) is -0.139. The van der Waals surface area contributed by atoms with Gasteiger partial charge in [-0.3, -0.25) is 9.69 Å². The van der Waals surface area contributed by atoms with Crippen molar-refractivity contribution in [1.82, 2.24) is 14.9 Å². The second-order valence-corrected chi connectivity index (χ2v) is 8.92. The van der Waals surface area contributed by atoms with E-state index in [4.69, 9.17) is 16.6 Å². The monoisotopic (exact) mass is 449 g/mol. The molecular weight excluding hydrogens is 426 g/mol. The van der Waals surface area contributed by atoms with Gasteiger partial charge in [0.2, 0.25) is 0 Å². The van der Waals surface area contributed by atoms with Crippen LogP contribution in [0.25, 0.3) is 10.9 Å².